The van der Waals surface area contributed by atoms with E-state index in [0.717, 1.165) is 50.2 Å². The number of hydrogen-bond acceptors (Lipinski definition) is 4. The van der Waals surface area contributed by atoms with Gasteiger partial charge in [0.2, 0.25) is 0 Å². The number of alkyl halides is 3. The third-order valence-corrected chi connectivity index (χ3v) is 6.17. The second-order valence-corrected chi connectivity index (χ2v) is 8.68. The average molecular weight is 428 g/mol. The molecule has 1 saturated heterocycles. The fourth-order valence-electron chi connectivity index (χ4n) is 3.59. The van der Waals surface area contributed by atoms with Crippen molar-refractivity contribution in [3.05, 3.63) is 54.1 Å². The summed E-state index contributed by atoms with van der Waals surface area (Å²) >= 11 is 0. The van der Waals surface area contributed by atoms with Gasteiger partial charge in [0.05, 0.1) is 10.6 Å². The van der Waals surface area contributed by atoms with Crippen molar-refractivity contribution in [2.75, 3.05) is 24.4 Å². The fraction of sp³-hybridized carbons (Fsp3) is 0.400. The van der Waals surface area contributed by atoms with Gasteiger partial charge in [-0.1, -0.05) is 31.2 Å². The Morgan fingerprint density at radius 2 is 1.93 bits per heavy atom. The van der Waals surface area contributed by atoms with Gasteiger partial charge in [-0.3, -0.25) is 4.72 Å². The van der Waals surface area contributed by atoms with Crippen molar-refractivity contribution < 1.29 is 26.3 Å². The van der Waals surface area contributed by atoms with Crippen molar-refractivity contribution in [1.29, 1.82) is 0 Å². The summed E-state index contributed by atoms with van der Waals surface area (Å²) in [5, 5.41) is 0. The van der Waals surface area contributed by atoms with Gasteiger partial charge in [-0.15, -0.1) is 13.2 Å². The highest BCUT2D eigenvalue weighted by Gasteiger charge is 2.32. The van der Waals surface area contributed by atoms with E-state index in [0.29, 0.717) is 5.69 Å². The summed E-state index contributed by atoms with van der Waals surface area (Å²) in [6, 6.07) is 11.5. The summed E-state index contributed by atoms with van der Waals surface area (Å²) in [5.41, 5.74) is 1.33. The van der Waals surface area contributed by atoms with E-state index in [4.69, 9.17) is 0 Å². The van der Waals surface area contributed by atoms with E-state index in [2.05, 4.69) is 21.3 Å². The number of halogens is 3. The molecule has 0 aromatic heterocycles. The van der Waals surface area contributed by atoms with Crippen LogP contribution in [-0.4, -0.2) is 39.3 Å². The van der Waals surface area contributed by atoms with Gasteiger partial charge in [-0.25, -0.2) is 8.42 Å². The first-order chi connectivity index (χ1) is 13.7. The molecule has 2 aromatic rings. The summed E-state index contributed by atoms with van der Waals surface area (Å²) in [4.78, 5) is 2.04. The van der Waals surface area contributed by atoms with Gasteiger partial charge in [-0.2, -0.15) is 0 Å². The quantitative estimate of drug-likeness (QED) is 0.701. The Balaban J connectivity index is 1.82. The van der Waals surface area contributed by atoms with Crippen LogP contribution in [0.5, 0.6) is 5.75 Å². The molecular formula is C20H23F3N2O3S. The van der Waals surface area contributed by atoms with E-state index >= 15 is 0 Å². The highest BCUT2D eigenvalue weighted by molar-refractivity contribution is 7.92. The Hall–Kier alpha value is -2.26. The lowest BCUT2D eigenvalue weighted by molar-refractivity contribution is -0.274. The Bertz CT molecular complexity index is 948. The van der Waals surface area contributed by atoms with E-state index in [9.17, 15) is 21.6 Å². The van der Waals surface area contributed by atoms with Crippen molar-refractivity contribution in [2.45, 2.75) is 36.9 Å². The van der Waals surface area contributed by atoms with E-state index in [1.807, 2.05) is 12.1 Å². The van der Waals surface area contributed by atoms with E-state index < -0.39 is 22.1 Å². The zero-order valence-electron chi connectivity index (χ0n) is 15.9. The summed E-state index contributed by atoms with van der Waals surface area (Å²) in [7, 11) is -4.08. The maximum Gasteiger partial charge on any atom is 0.573 e. The number of hydrogen-bond donors (Lipinski definition) is 1. The molecule has 0 bridgehead atoms. The number of benzene rings is 2. The molecule has 1 fully saturated rings. The molecule has 2 aromatic carbocycles. The second kappa shape index (κ2) is 8.62. The van der Waals surface area contributed by atoms with Crippen LogP contribution in [0.4, 0.5) is 18.9 Å². The van der Waals surface area contributed by atoms with Gasteiger partial charge < -0.3 is 9.64 Å². The number of ether oxygens (including phenoxy) is 1. The number of sulfonamides is 1. The minimum absolute atomic E-state index is 0.195. The van der Waals surface area contributed by atoms with Crippen molar-refractivity contribution >= 4 is 15.7 Å². The van der Waals surface area contributed by atoms with Gasteiger partial charge in [0.1, 0.15) is 5.75 Å². The molecule has 0 aliphatic carbocycles. The van der Waals surface area contributed by atoms with Crippen LogP contribution in [0.2, 0.25) is 0 Å². The fourth-order valence-corrected chi connectivity index (χ4v) is 4.72. The topological polar surface area (TPSA) is 58.6 Å². The van der Waals surface area contributed by atoms with E-state index in [-0.39, 0.29) is 10.8 Å². The van der Waals surface area contributed by atoms with Gasteiger partial charge in [-0.05, 0) is 55.6 Å². The summed E-state index contributed by atoms with van der Waals surface area (Å²) in [6.45, 7) is 4.92. The first-order valence-electron chi connectivity index (χ1n) is 9.38. The van der Waals surface area contributed by atoms with Gasteiger partial charge in [0.25, 0.3) is 10.0 Å². The largest absolute Gasteiger partial charge is 0.573 e. The minimum Gasteiger partial charge on any atom is -0.406 e. The van der Waals surface area contributed by atoms with Crippen LogP contribution < -0.4 is 9.46 Å². The van der Waals surface area contributed by atoms with Gasteiger partial charge >= 0.3 is 6.36 Å². The molecule has 158 valence electrons. The molecule has 1 atom stereocenters. The van der Waals surface area contributed by atoms with E-state index in [1.165, 1.54) is 12.1 Å². The van der Waals surface area contributed by atoms with Crippen molar-refractivity contribution in [3.63, 3.8) is 0 Å². The highest BCUT2D eigenvalue weighted by atomic mass is 32.2. The summed E-state index contributed by atoms with van der Waals surface area (Å²) in [5.74, 6) is -0.389. The number of nitrogens with one attached hydrogen (secondary N) is 1. The van der Waals surface area contributed by atoms with Crippen LogP contribution in [0, 0.1) is 0 Å². The zero-order valence-corrected chi connectivity index (χ0v) is 16.8. The standard InChI is InChI=1S/C20H23F3N2O3S/c1-2-11-25-12-10-15(14-25)18-8-3-4-9-19(18)24-29(26,27)17-7-5-6-16(13-17)28-20(21,22)23/h3-9,13,15,24H,2,10-12,14H2,1H3/t15-/m1/s1. The number of para-hydroxylation sites is 1. The molecule has 29 heavy (non-hydrogen) atoms. The maximum atomic E-state index is 12.8. The Morgan fingerprint density at radius 1 is 1.17 bits per heavy atom. The van der Waals surface area contributed by atoms with Crippen molar-refractivity contribution in [3.8, 4) is 5.75 Å². The second-order valence-electron chi connectivity index (χ2n) is 7.00. The van der Waals surface area contributed by atoms with Gasteiger partial charge in [0, 0.05) is 12.6 Å². The minimum atomic E-state index is -4.89. The van der Waals surface area contributed by atoms with Crippen LogP contribution >= 0.6 is 0 Å². The Labute approximate surface area is 168 Å². The molecule has 0 amide bonds. The molecule has 1 heterocycles. The Morgan fingerprint density at radius 3 is 2.66 bits per heavy atom. The summed E-state index contributed by atoms with van der Waals surface area (Å²) < 4.78 is 69.3. The molecule has 9 heteroatoms. The number of nitrogens with zero attached hydrogens (tertiary/aromatic N) is 1. The van der Waals surface area contributed by atoms with Gasteiger partial charge in [0.15, 0.2) is 0 Å². The molecule has 5 nitrogen and oxygen atoms in total. The third-order valence-electron chi connectivity index (χ3n) is 4.81. The molecular weight excluding hydrogens is 405 g/mol. The molecule has 0 radical (unpaired) electrons. The van der Waals surface area contributed by atoms with Crippen LogP contribution in [0.15, 0.2) is 53.4 Å². The number of anilines is 1. The lowest BCUT2D eigenvalue weighted by Gasteiger charge is -2.18. The van der Waals surface area contributed by atoms with Crippen LogP contribution in [0.25, 0.3) is 0 Å². The Kier molecular flexibility index (Phi) is 6.38. The molecule has 3 rings (SSSR count). The smallest absolute Gasteiger partial charge is 0.406 e. The lowest BCUT2D eigenvalue weighted by Crippen LogP contribution is -2.21. The van der Waals surface area contributed by atoms with Crippen molar-refractivity contribution in [1.82, 2.24) is 4.90 Å². The van der Waals surface area contributed by atoms with Crippen LogP contribution in [0.3, 0.4) is 0 Å². The predicted octanol–water partition coefficient (Wildman–Crippen LogP) is 4.59. The zero-order chi connectivity index (χ0) is 21.1. The average Bonchev–Trinajstić information content (AvgIpc) is 3.09. The summed E-state index contributed by atoms with van der Waals surface area (Å²) in [6.07, 6.45) is -2.92. The maximum absolute atomic E-state index is 12.8. The first kappa shape index (κ1) is 21.4. The molecule has 0 spiro atoms. The lowest BCUT2D eigenvalue weighted by atomic mass is 9.97. The first-order valence-corrected chi connectivity index (χ1v) is 10.9. The molecule has 1 aliphatic heterocycles. The van der Waals surface area contributed by atoms with Crippen molar-refractivity contribution in [2.24, 2.45) is 0 Å². The van der Waals surface area contributed by atoms with Crippen LogP contribution in [-0.2, 0) is 10.0 Å². The molecule has 1 N–H and O–H groups in total. The normalized spacial score (nSPS) is 18.0. The van der Waals surface area contributed by atoms with Crippen LogP contribution in [0.1, 0.15) is 31.2 Å². The third kappa shape index (κ3) is 5.63. The van der Waals surface area contributed by atoms with E-state index in [1.54, 1.807) is 12.1 Å². The number of rotatable bonds is 7. The number of likely N-dealkylation sites (tertiary alicyclic amines) is 1. The molecule has 1 aliphatic rings. The monoisotopic (exact) mass is 428 g/mol. The highest BCUT2D eigenvalue weighted by Crippen LogP contribution is 2.33. The molecule has 0 unspecified atom stereocenters. The SMILES string of the molecule is CCCN1CC[C@@H](c2ccccc2NS(=O)(=O)c2cccc(OC(F)(F)F)c2)C1. The molecule has 0 saturated carbocycles. The predicted molar refractivity (Wildman–Crippen MR) is 104 cm³/mol.